The number of aliphatic imine (C=N–C) groups is 1. The van der Waals surface area contributed by atoms with E-state index in [2.05, 4.69) is 15.5 Å². The number of methoxy groups -OCH3 is 1. The maximum absolute atomic E-state index is 5.73. The summed E-state index contributed by atoms with van der Waals surface area (Å²) < 4.78 is 16.2. The fourth-order valence-corrected chi connectivity index (χ4v) is 3.44. The van der Waals surface area contributed by atoms with Crippen molar-refractivity contribution in [1.29, 1.82) is 0 Å². The maximum atomic E-state index is 5.73. The molecule has 1 fully saturated rings. The summed E-state index contributed by atoms with van der Waals surface area (Å²) in [6.45, 7) is 11.4. The zero-order valence-electron chi connectivity index (χ0n) is 20.1. The van der Waals surface area contributed by atoms with Crippen LogP contribution in [0.25, 0.3) is 0 Å². The van der Waals surface area contributed by atoms with Gasteiger partial charge in [0.25, 0.3) is 0 Å². The first-order valence-electron chi connectivity index (χ1n) is 11.8. The van der Waals surface area contributed by atoms with Crippen molar-refractivity contribution in [1.82, 2.24) is 10.2 Å². The monoisotopic (exact) mass is 562 g/mol. The van der Waals surface area contributed by atoms with Gasteiger partial charge in [0.2, 0.25) is 0 Å². The molecule has 0 unspecified atom stereocenters. The second-order valence-electron chi connectivity index (χ2n) is 8.19. The van der Waals surface area contributed by atoms with Crippen LogP contribution in [0.5, 0.6) is 5.75 Å². The molecule has 0 aliphatic carbocycles. The van der Waals surface area contributed by atoms with Gasteiger partial charge in [0.05, 0.1) is 19.3 Å². The van der Waals surface area contributed by atoms with E-state index >= 15 is 0 Å². The van der Waals surface area contributed by atoms with Gasteiger partial charge in [0.15, 0.2) is 5.96 Å². The number of benzene rings is 1. The molecule has 32 heavy (non-hydrogen) atoms. The number of hydrogen-bond acceptors (Lipinski definition) is 5. The topological polar surface area (TPSA) is 67.4 Å². The summed E-state index contributed by atoms with van der Waals surface area (Å²) in [5, 5.41) is 6.89. The molecule has 0 amide bonds. The molecule has 0 spiro atoms. The summed E-state index contributed by atoms with van der Waals surface area (Å²) in [6, 6.07) is 8.02. The van der Waals surface area contributed by atoms with Crippen molar-refractivity contribution in [2.24, 2.45) is 4.99 Å². The van der Waals surface area contributed by atoms with Crippen LogP contribution in [0, 0.1) is 0 Å². The van der Waals surface area contributed by atoms with E-state index in [9.17, 15) is 0 Å². The Morgan fingerprint density at radius 3 is 2.47 bits per heavy atom. The highest BCUT2D eigenvalue weighted by Gasteiger charge is 2.10. The Morgan fingerprint density at radius 1 is 1.03 bits per heavy atom. The molecule has 0 saturated carbocycles. The average molecular weight is 563 g/mol. The van der Waals surface area contributed by atoms with Crippen LogP contribution < -0.4 is 15.4 Å². The molecule has 1 aromatic rings. The zero-order chi connectivity index (χ0) is 22.2. The minimum absolute atomic E-state index is 0. The van der Waals surface area contributed by atoms with Crippen LogP contribution in [-0.2, 0) is 9.47 Å². The fourth-order valence-electron chi connectivity index (χ4n) is 3.44. The molecule has 7 nitrogen and oxygen atoms in total. The molecule has 1 aromatic carbocycles. The quantitative estimate of drug-likeness (QED) is 0.143. The summed E-state index contributed by atoms with van der Waals surface area (Å²) in [6.07, 6.45) is 6.12. The first-order chi connectivity index (χ1) is 15.2. The fraction of sp³-hybridized carbons (Fsp3) is 0.708. The number of likely N-dealkylation sites (tertiary alicyclic amines) is 1. The Hall–Kier alpha value is -1.10. The number of nitrogens with one attached hydrogen (secondary N) is 2. The third-order valence-corrected chi connectivity index (χ3v) is 5.03. The van der Waals surface area contributed by atoms with Crippen molar-refractivity contribution in [3.05, 3.63) is 24.3 Å². The van der Waals surface area contributed by atoms with Gasteiger partial charge in [-0.1, -0.05) is 0 Å². The highest BCUT2D eigenvalue weighted by atomic mass is 127. The predicted molar refractivity (Wildman–Crippen MR) is 144 cm³/mol. The normalized spacial score (nSPS) is 14.4. The number of halogens is 1. The lowest BCUT2D eigenvalue weighted by atomic mass is 10.3. The number of unbranched alkanes of at least 4 members (excludes halogenated alkanes) is 1. The Balaban J connectivity index is 0.00000512. The number of guanidine groups is 1. The van der Waals surface area contributed by atoms with Gasteiger partial charge < -0.3 is 29.7 Å². The van der Waals surface area contributed by atoms with Crippen molar-refractivity contribution < 1.29 is 14.2 Å². The van der Waals surface area contributed by atoms with E-state index < -0.39 is 0 Å². The molecule has 1 heterocycles. The largest absolute Gasteiger partial charge is 0.491 e. The van der Waals surface area contributed by atoms with Gasteiger partial charge in [-0.05, 0) is 89.9 Å². The SMILES string of the molecule is COCCOCCCN=C(NCCCCN1CCCC1)Nc1ccc(OC(C)C)cc1.I. The van der Waals surface area contributed by atoms with Crippen LogP contribution in [0.2, 0.25) is 0 Å². The minimum Gasteiger partial charge on any atom is -0.491 e. The van der Waals surface area contributed by atoms with Crippen LogP contribution in [-0.4, -0.2) is 76.6 Å². The summed E-state index contributed by atoms with van der Waals surface area (Å²) in [5.41, 5.74) is 0.996. The van der Waals surface area contributed by atoms with E-state index in [0.29, 0.717) is 26.4 Å². The standard InChI is InChI=1S/C24H42N4O3.HI/c1-21(2)31-23-11-9-22(10-12-23)27-24(26-14-8-18-30-20-19-29-3)25-13-4-5-15-28-16-6-7-17-28;/h9-12,21H,4-8,13-20H2,1-3H3,(H2,25,26,27);1H. The van der Waals surface area contributed by atoms with Crippen LogP contribution >= 0.6 is 24.0 Å². The Morgan fingerprint density at radius 2 is 1.78 bits per heavy atom. The average Bonchev–Trinajstić information content (AvgIpc) is 3.27. The van der Waals surface area contributed by atoms with Crippen molar-refractivity contribution in [3.8, 4) is 5.75 Å². The lowest BCUT2D eigenvalue weighted by Crippen LogP contribution is -2.32. The third kappa shape index (κ3) is 13.4. The lowest BCUT2D eigenvalue weighted by molar-refractivity contribution is 0.0702. The lowest BCUT2D eigenvalue weighted by Gasteiger charge is -2.16. The van der Waals surface area contributed by atoms with Crippen molar-refractivity contribution in [3.63, 3.8) is 0 Å². The summed E-state index contributed by atoms with van der Waals surface area (Å²) in [7, 11) is 1.68. The van der Waals surface area contributed by atoms with Gasteiger partial charge in [-0.25, -0.2) is 0 Å². The molecular formula is C24H43IN4O3. The predicted octanol–water partition coefficient (Wildman–Crippen LogP) is 4.38. The van der Waals surface area contributed by atoms with Gasteiger partial charge in [-0.2, -0.15) is 0 Å². The second kappa shape index (κ2) is 18.3. The van der Waals surface area contributed by atoms with Gasteiger partial charge in [-0.15, -0.1) is 24.0 Å². The highest BCUT2D eigenvalue weighted by molar-refractivity contribution is 14.0. The molecule has 8 heteroatoms. The number of anilines is 1. The van der Waals surface area contributed by atoms with Crippen molar-refractivity contribution in [2.45, 2.75) is 52.1 Å². The summed E-state index contributed by atoms with van der Waals surface area (Å²) in [4.78, 5) is 7.29. The van der Waals surface area contributed by atoms with E-state index in [1.54, 1.807) is 7.11 Å². The van der Waals surface area contributed by atoms with Crippen LogP contribution in [0.3, 0.4) is 0 Å². The van der Waals surface area contributed by atoms with Gasteiger partial charge in [0, 0.05) is 32.5 Å². The smallest absolute Gasteiger partial charge is 0.195 e. The number of ether oxygens (including phenoxy) is 3. The van der Waals surface area contributed by atoms with Gasteiger partial charge in [0.1, 0.15) is 5.75 Å². The number of rotatable bonds is 15. The first-order valence-corrected chi connectivity index (χ1v) is 11.8. The summed E-state index contributed by atoms with van der Waals surface area (Å²) >= 11 is 0. The summed E-state index contributed by atoms with van der Waals surface area (Å²) in [5.74, 6) is 1.69. The molecule has 2 N–H and O–H groups in total. The first kappa shape index (κ1) is 28.9. The number of hydrogen-bond donors (Lipinski definition) is 2. The molecule has 0 atom stereocenters. The second-order valence-corrected chi connectivity index (χ2v) is 8.19. The van der Waals surface area contributed by atoms with Crippen LogP contribution in [0.1, 0.15) is 46.0 Å². The maximum Gasteiger partial charge on any atom is 0.195 e. The van der Waals surface area contributed by atoms with E-state index in [-0.39, 0.29) is 30.1 Å². The van der Waals surface area contributed by atoms with E-state index in [0.717, 1.165) is 36.8 Å². The molecular weight excluding hydrogens is 519 g/mol. The van der Waals surface area contributed by atoms with Gasteiger partial charge >= 0.3 is 0 Å². The molecule has 0 radical (unpaired) electrons. The zero-order valence-corrected chi connectivity index (χ0v) is 22.4. The molecule has 1 aliphatic rings. The van der Waals surface area contributed by atoms with Crippen LogP contribution in [0.15, 0.2) is 29.3 Å². The Kier molecular flexibility index (Phi) is 16.6. The van der Waals surface area contributed by atoms with Crippen molar-refractivity contribution >= 4 is 35.6 Å². The highest BCUT2D eigenvalue weighted by Crippen LogP contribution is 2.17. The molecule has 0 bridgehead atoms. The Labute approximate surface area is 211 Å². The molecule has 2 rings (SSSR count). The van der Waals surface area contributed by atoms with Gasteiger partial charge in [-0.3, -0.25) is 4.99 Å². The van der Waals surface area contributed by atoms with Crippen LogP contribution in [0.4, 0.5) is 5.69 Å². The van der Waals surface area contributed by atoms with E-state index in [4.69, 9.17) is 19.2 Å². The number of nitrogens with zero attached hydrogens (tertiary/aromatic N) is 2. The van der Waals surface area contributed by atoms with E-state index in [1.165, 1.54) is 38.9 Å². The minimum atomic E-state index is 0. The van der Waals surface area contributed by atoms with E-state index in [1.807, 2.05) is 38.1 Å². The van der Waals surface area contributed by atoms with Crippen molar-refractivity contribution in [2.75, 3.05) is 65.0 Å². The molecule has 0 aromatic heterocycles. The third-order valence-electron chi connectivity index (χ3n) is 5.03. The molecule has 184 valence electrons. The molecule has 1 saturated heterocycles. The Bertz CT molecular complexity index is 608. The molecule has 1 aliphatic heterocycles.